The van der Waals surface area contributed by atoms with Crippen LogP contribution in [0.4, 0.5) is 0 Å². The molecular weight excluding hydrogens is 196 g/mol. The molecule has 76 valence electrons. The monoisotopic (exact) mass is 208 g/mol. The first-order valence-corrected chi connectivity index (χ1v) is 5.83. The molecule has 1 aliphatic heterocycles. The van der Waals surface area contributed by atoms with Gasteiger partial charge in [0.2, 0.25) is 0 Å². The van der Waals surface area contributed by atoms with E-state index in [1.807, 2.05) is 0 Å². The van der Waals surface area contributed by atoms with Crippen molar-refractivity contribution < 1.29 is 23.4 Å². The highest BCUT2D eigenvalue weighted by molar-refractivity contribution is 7.91. The number of hydrogen-bond donors (Lipinski definition) is 2. The Labute approximate surface area is 76.3 Å². The van der Waals surface area contributed by atoms with Crippen LogP contribution in [-0.4, -0.2) is 42.2 Å². The summed E-state index contributed by atoms with van der Waals surface area (Å²) in [4.78, 5) is 10.2. The highest BCUT2D eigenvalue weighted by Crippen LogP contribution is 2.23. The average Bonchev–Trinajstić information content (AvgIpc) is 2.20. The van der Waals surface area contributed by atoms with Crippen molar-refractivity contribution in [2.45, 2.75) is 18.9 Å². The van der Waals surface area contributed by atoms with E-state index < -0.39 is 27.8 Å². The van der Waals surface area contributed by atoms with E-state index in [4.69, 9.17) is 5.11 Å². The van der Waals surface area contributed by atoms with Crippen molar-refractivity contribution in [3.8, 4) is 0 Å². The van der Waals surface area contributed by atoms with Gasteiger partial charge >= 0.3 is 5.97 Å². The van der Waals surface area contributed by atoms with Crippen LogP contribution in [0.2, 0.25) is 0 Å². The van der Waals surface area contributed by atoms with Gasteiger partial charge in [-0.25, -0.2) is 8.42 Å². The third-order valence-corrected chi connectivity index (χ3v) is 3.95. The third kappa shape index (κ3) is 2.96. The van der Waals surface area contributed by atoms with Crippen molar-refractivity contribution in [3.63, 3.8) is 0 Å². The fourth-order valence-electron chi connectivity index (χ4n) is 1.49. The minimum Gasteiger partial charge on any atom is -0.481 e. The van der Waals surface area contributed by atoms with E-state index in [2.05, 4.69) is 0 Å². The van der Waals surface area contributed by atoms with Crippen LogP contribution < -0.4 is 0 Å². The fourth-order valence-corrected chi connectivity index (χ4v) is 3.46. The standard InChI is InChI=1S/C7H12O5S/c8-6-4-13(11,12)3-5(6)1-2-7(9)10/h5-6,8H,1-4H2,(H,9,10)/t5-,6-/m0/s1. The van der Waals surface area contributed by atoms with Crippen LogP contribution in [0.1, 0.15) is 12.8 Å². The number of sulfone groups is 1. The Balaban J connectivity index is 2.49. The summed E-state index contributed by atoms with van der Waals surface area (Å²) in [6.45, 7) is 0. The smallest absolute Gasteiger partial charge is 0.303 e. The van der Waals surface area contributed by atoms with Crippen molar-refractivity contribution in [1.29, 1.82) is 0 Å². The van der Waals surface area contributed by atoms with Crippen LogP contribution in [0, 0.1) is 5.92 Å². The van der Waals surface area contributed by atoms with Crippen molar-refractivity contribution in [1.82, 2.24) is 0 Å². The highest BCUT2D eigenvalue weighted by atomic mass is 32.2. The summed E-state index contributed by atoms with van der Waals surface area (Å²) < 4.78 is 22.0. The van der Waals surface area contributed by atoms with Crippen molar-refractivity contribution in [3.05, 3.63) is 0 Å². The quantitative estimate of drug-likeness (QED) is 0.637. The van der Waals surface area contributed by atoms with Crippen LogP contribution in [0.25, 0.3) is 0 Å². The first kappa shape index (κ1) is 10.5. The van der Waals surface area contributed by atoms with Gasteiger partial charge in [0.15, 0.2) is 9.84 Å². The molecule has 0 aliphatic carbocycles. The van der Waals surface area contributed by atoms with Gasteiger partial charge in [0.1, 0.15) is 0 Å². The molecule has 0 spiro atoms. The van der Waals surface area contributed by atoms with Crippen LogP contribution in [0.15, 0.2) is 0 Å². The van der Waals surface area contributed by atoms with Gasteiger partial charge in [-0.1, -0.05) is 0 Å². The number of carbonyl (C=O) groups is 1. The Morgan fingerprint density at radius 3 is 2.38 bits per heavy atom. The number of rotatable bonds is 3. The molecular formula is C7H12O5S. The molecule has 0 aromatic carbocycles. The van der Waals surface area contributed by atoms with Crippen LogP contribution in [0.5, 0.6) is 0 Å². The van der Waals surface area contributed by atoms with Gasteiger partial charge < -0.3 is 10.2 Å². The molecule has 6 heteroatoms. The SMILES string of the molecule is O=C(O)CC[C@H]1CS(=O)(=O)C[C@@H]1O. The Bertz CT molecular complexity index is 294. The summed E-state index contributed by atoms with van der Waals surface area (Å²) in [7, 11) is -3.14. The van der Waals surface area contributed by atoms with E-state index in [9.17, 15) is 18.3 Å². The maximum Gasteiger partial charge on any atom is 0.303 e. The second-order valence-electron chi connectivity index (χ2n) is 3.34. The number of aliphatic hydroxyl groups is 1. The van der Waals surface area contributed by atoms with E-state index in [1.54, 1.807) is 0 Å². The van der Waals surface area contributed by atoms with E-state index >= 15 is 0 Å². The lowest BCUT2D eigenvalue weighted by atomic mass is 10.0. The molecule has 0 amide bonds. The van der Waals surface area contributed by atoms with Crippen molar-refractivity contribution in [2.24, 2.45) is 5.92 Å². The molecule has 0 unspecified atom stereocenters. The van der Waals surface area contributed by atoms with E-state index in [0.717, 1.165) is 0 Å². The van der Waals surface area contributed by atoms with E-state index in [1.165, 1.54) is 0 Å². The van der Waals surface area contributed by atoms with E-state index in [-0.39, 0.29) is 24.3 Å². The van der Waals surface area contributed by atoms with Crippen LogP contribution in [-0.2, 0) is 14.6 Å². The number of carboxylic acids is 1. The van der Waals surface area contributed by atoms with Crippen LogP contribution >= 0.6 is 0 Å². The van der Waals surface area contributed by atoms with E-state index in [0.29, 0.717) is 0 Å². The first-order chi connectivity index (χ1) is 5.91. The predicted molar refractivity (Wildman–Crippen MR) is 45.0 cm³/mol. The van der Waals surface area contributed by atoms with Gasteiger partial charge in [-0.3, -0.25) is 4.79 Å². The number of aliphatic carboxylic acids is 1. The molecule has 0 bridgehead atoms. The lowest BCUT2D eigenvalue weighted by molar-refractivity contribution is -0.137. The normalized spacial score (nSPS) is 31.8. The summed E-state index contributed by atoms with van der Waals surface area (Å²) >= 11 is 0. The first-order valence-electron chi connectivity index (χ1n) is 4.01. The number of carboxylic acid groups (broad SMARTS) is 1. The molecule has 2 atom stereocenters. The van der Waals surface area contributed by atoms with Gasteiger partial charge in [0, 0.05) is 12.3 Å². The second kappa shape index (κ2) is 3.63. The summed E-state index contributed by atoms with van der Waals surface area (Å²) in [5, 5.41) is 17.6. The van der Waals surface area contributed by atoms with Gasteiger partial charge in [0.05, 0.1) is 17.6 Å². The molecule has 13 heavy (non-hydrogen) atoms. The average molecular weight is 208 g/mol. The Morgan fingerprint density at radius 2 is 2.00 bits per heavy atom. The molecule has 0 aromatic heterocycles. The zero-order valence-electron chi connectivity index (χ0n) is 7.01. The zero-order valence-corrected chi connectivity index (χ0v) is 7.83. The van der Waals surface area contributed by atoms with Gasteiger partial charge in [-0.15, -0.1) is 0 Å². The summed E-state index contributed by atoms with van der Waals surface area (Å²) in [5.74, 6) is -1.67. The molecule has 1 fully saturated rings. The maximum absolute atomic E-state index is 11.0. The molecule has 1 saturated heterocycles. The lowest BCUT2D eigenvalue weighted by Gasteiger charge is -2.09. The fraction of sp³-hybridized carbons (Fsp3) is 0.857. The topological polar surface area (TPSA) is 91.7 Å². The molecule has 0 radical (unpaired) electrons. The maximum atomic E-state index is 11.0. The molecule has 2 N–H and O–H groups in total. The zero-order chi connectivity index (χ0) is 10.1. The predicted octanol–water partition coefficient (Wildman–Crippen LogP) is -0.743. The molecule has 5 nitrogen and oxygen atoms in total. The number of hydrogen-bond acceptors (Lipinski definition) is 4. The Morgan fingerprint density at radius 1 is 1.38 bits per heavy atom. The second-order valence-corrected chi connectivity index (χ2v) is 5.49. The largest absolute Gasteiger partial charge is 0.481 e. The molecule has 1 heterocycles. The van der Waals surface area contributed by atoms with Gasteiger partial charge in [-0.05, 0) is 6.42 Å². The van der Waals surface area contributed by atoms with Crippen LogP contribution in [0.3, 0.4) is 0 Å². The minimum absolute atomic E-state index is 0.0819. The van der Waals surface area contributed by atoms with Crippen molar-refractivity contribution >= 4 is 15.8 Å². The van der Waals surface area contributed by atoms with Gasteiger partial charge in [0.25, 0.3) is 0 Å². The summed E-state index contributed by atoms with van der Waals surface area (Å²) in [6, 6.07) is 0. The Kier molecular flexibility index (Phi) is 2.92. The Hall–Kier alpha value is -0.620. The summed E-state index contributed by atoms with van der Waals surface area (Å²) in [6.07, 6.45) is -0.739. The molecule has 0 aromatic rings. The molecule has 1 aliphatic rings. The third-order valence-electron chi connectivity index (χ3n) is 2.17. The highest BCUT2D eigenvalue weighted by Gasteiger charge is 2.36. The lowest BCUT2D eigenvalue weighted by Crippen LogP contribution is -2.18. The molecule has 0 saturated carbocycles. The summed E-state index contributed by atoms with van der Waals surface area (Å²) in [5.41, 5.74) is 0. The number of aliphatic hydroxyl groups excluding tert-OH is 1. The molecule has 1 rings (SSSR count). The van der Waals surface area contributed by atoms with Crippen molar-refractivity contribution in [2.75, 3.05) is 11.5 Å². The minimum atomic E-state index is -3.14. The van der Waals surface area contributed by atoms with Gasteiger partial charge in [-0.2, -0.15) is 0 Å².